The first-order valence-electron chi connectivity index (χ1n) is 9.45. The smallest absolute Gasteiger partial charge is 0.240 e. The van der Waals surface area contributed by atoms with Crippen LogP contribution in [0, 0.1) is 11.8 Å². The Morgan fingerprint density at radius 2 is 2.00 bits per heavy atom. The van der Waals surface area contributed by atoms with Gasteiger partial charge < -0.3 is 9.84 Å². The normalized spacial score (nSPS) is 16.1. The Kier molecular flexibility index (Phi) is 6.39. The van der Waals surface area contributed by atoms with E-state index in [0.29, 0.717) is 24.9 Å². The van der Waals surface area contributed by atoms with E-state index in [4.69, 9.17) is 4.52 Å². The fourth-order valence-electron chi connectivity index (χ4n) is 3.28. The molecule has 1 fully saturated rings. The van der Waals surface area contributed by atoms with Crippen molar-refractivity contribution in [3.05, 3.63) is 47.6 Å². The predicted octanol–water partition coefficient (Wildman–Crippen LogP) is 2.80. The molecule has 26 heavy (non-hydrogen) atoms. The Bertz CT molecular complexity index is 691. The monoisotopic (exact) mass is 356 g/mol. The molecule has 1 aliphatic heterocycles. The molecule has 140 valence electrons. The molecule has 0 atom stereocenters. The van der Waals surface area contributed by atoms with Crippen molar-refractivity contribution in [1.82, 2.24) is 20.4 Å². The maximum atomic E-state index is 12.4. The lowest BCUT2D eigenvalue weighted by Gasteiger charge is -2.30. The first-order chi connectivity index (χ1) is 12.6. The van der Waals surface area contributed by atoms with E-state index in [2.05, 4.69) is 34.2 Å². The minimum Gasteiger partial charge on any atom is -0.352 e. The van der Waals surface area contributed by atoms with Gasteiger partial charge in [0.05, 0.1) is 6.54 Å². The Labute approximate surface area is 155 Å². The number of likely N-dealkylation sites (tertiary alicyclic amines) is 1. The van der Waals surface area contributed by atoms with Gasteiger partial charge in [-0.15, -0.1) is 0 Å². The lowest BCUT2D eigenvalue weighted by atomic mass is 9.96. The molecule has 6 heteroatoms. The fourth-order valence-corrected chi connectivity index (χ4v) is 3.28. The number of amides is 1. The molecule has 0 unspecified atom stereocenters. The summed E-state index contributed by atoms with van der Waals surface area (Å²) in [6.45, 7) is 7.31. The van der Waals surface area contributed by atoms with Crippen molar-refractivity contribution in [2.75, 3.05) is 13.1 Å². The molecule has 3 rings (SSSR count). The molecule has 1 aromatic carbocycles. The summed E-state index contributed by atoms with van der Waals surface area (Å²) in [5, 5.41) is 7.10. The molecule has 1 aliphatic rings. The standard InChI is InChI=1S/C20H28N4O2/c1-15(2)12-18-22-19(26-23-18)14-24-10-8-17(9-11-24)20(25)21-13-16-6-4-3-5-7-16/h3-7,15,17H,8-14H2,1-2H3,(H,21,25). The predicted molar refractivity (Wildman–Crippen MR) is 99.1 cm³/mol. The topological polar surface area (TPSA) is 71.3 Å². The van der Waals surface area contributed by atoms with Crippen LogP contribution in [0.25, 0.3) is 0 Å². The van der Waals surface area contributed by atoms with Crippen LogP contribution in [0.5, 0.6) is 0 Å². The van der Waals surface area contributed by atoms with E-state index in [1.54, 1.807) is 0 Å². The molecule has 0 radical (unpaired) electrons. The van der Waals surface area contributed by atoms with Crippen molar-refractivity contribution in [2.24, 2.45) is 11.8 Å². The van der Waals surface area contributed by atoms with Crippen molar-refractivity contribution < 1.29 is 9.32 Å². The lowest BCUT2D eigenvalue weighted by Crippen LogP contribution is -2.40. The summed E-state index contributed by atoms with van der Waals surface area (Å²) >= 11 is 0. The number of carbonyl (C=O) groups is 1. The number of nitrogens with one attached hydrogen (secondary N) is 1. The molecule has 6 nitrogen and oxygen atoms in total. The van der Waals surface area contributed by atoms with Gasteiger partial charge in [0.25, 0.3) is 0 Å². The number of nitrogens with zero attached hydrogens (tertiary/aromatic N) is 3. The molecular weight excluding hydrogens is 328 g/mol. The van der Waals surface area contributed by atoms with E-state index in [-0.39, 0.29) is 11.8 Å². The van der Waals surface area contributed by atoms with Gasteiger partial charge in [-0.05, 0) is 37.4 Å². The summed E-state index contributed by atoms with van der Waals surface area (Å²) in [5.74, 6) is 2.23. The van der Waals surface area contributed by atoms with Crippen LogP contribution in [0.3, 0.4) is 0 Å². The molecule has 2 heterocycles. The van der Waals surface area contributed by atoms with Crippen LogP contribution >= 0.6 is 0 Å². The van der Waals surface area contributed by atoms with Crippen LogP contribution in [0.2, 0.25) is 0 Å². The van der Waals surface area contributed by atoms with Crippen LogP contribution < -0.4 is 5.32 Å². The number of benzene rings is 1. The van der Waals surface area contributed by atoms with Gasteiger partial charge in [-0.1, -0.05) is 49.3 Å². The largest absolute Gasteiger partial charge is 0.352 e. The Morgan fingerprint density at radius 1 is 1.27 bits per heavy atom. The Balaban J connectivity index is 1.41. The van der Waals surface area contributed by atoms with E-state index >= 15 is 0 Å². The van der Waals surface area contributed by atoms with Gasteiger partial charge in [0.1, 0.15) is 0 Å². The second-order valence-electron chi connectivity index (χ2n) is 7.46. The quantitative estimate of drug-likeness (QED) is 0.826. The highest BCUT2D eigenvalue weighted by atomic mass is 16.5. The minimum absolute atomic E-state index is 0.0918. The Morgan fingerprint density at radius 3 is 2.69 bits per heavy atom. The van der Waals surface area contributed by atoms with Gasteiger partial charge >= 0.3 is 0 Å². The third kappa shape index (κ3) is 5.39. The van der Waals surface area contributed by atoms with Crippen molar-refractivity contribution >= 4 is 5.91 Å². The van der Waals surface area contributed by atoms with Gasteiger partial charge in [0, 0.05) is 18.9 Å². The molecule has 0 spiro atoms. The number of rotatable bonds is 7. The van der Waals surface area contributed by atoms with E-state index in [1.807, 2.05) is 30.3 Å². The van der Waals surface area contributed by atoms with Crippen molar-refractivity contribution in [3.63, 3.8) is 0 Å². The highest BCUT2D eigenvalue weighted by molar-refractivity contribution is 5.78. The zero-order chi connectivity index (χ0) is 18.4. The van der Waals surface area contributed by atoms with E-state index in [9.17, 15) is 4.79 Å². The van der Waals surface area contributed by atoms with E-state index < -0.39 is 0 Å². The summed E-state index contributed by atoms with van der Waals surface area (Å²) in [5.41, 5.74) is 1.13. The first kappa shape index (κ1) is 18.6. The van der Waals surface area contributed by atoms with Gasteiger partial charge in [0.2, 0.25) is 11.8 Å². The third-order valence-electron chi connectivity index (χ3n) is 4.73. The van der Waals surface area contributed by atoms with Crippen molar-refractivity contribution in [1.29, 1.82) is 0 Å². The number of aromatic nitrogens is 2. The van der Waals surface area contributed by atoms with Crippen LogP contribution in [-0.4, -0.2) is 34.0 Å². The van der Waals surface area contributed by atoms with Gasteiger partial charge in [0.15, 0.2) is 5.82 Å². The molecule has 1 N–H and O–H groups in total. The molecular formula is C20H28N4O2. The van der Waals surface area contributed by atoms with Crippen LogP contribution in [0.15, 0.2) is 34.9 Å². The lowest BCUT2D eigenvalue weighted by molar-refractivity contribution is -0.126. The molecule has 1 aromatic heterocycles. The maximum Gasteiger partial charge on any atom is 0.240 e. The van der Waals surface area contributed by atoms with Crippen molar-refractivity contribution in [3.8, 4) is 0 Å². The maximum absolute atomic E-state index is 12.4. The summed E-state index contributed by atoms with van der Waals surface area (Å²) in [6, 6.07) is 10.0. The van der Waals surface area contributed by atoms with Gasteiger partial charge in [-0.3, -0.25) is 9.69 Å². The fraction of sp³-hybridized carbons (Fsp3) is 0.550. The highest BCUT2D eigenvalue weighted by Gasteiger charge is 2.25. The number of hydrogen-bond donors (Lipinski definition) is 1. The second-order valence-corrected chi connectivity index (χ2v) is 7.46. The summed E-state index contributed by atoms with van der Waals surface area (Å²) in [4.78, 5) is 19.1. The molecule has 0 saturated carbocycles. The van der Waals surface area contributed by atoms with E-state index in [0.717, 1.165) is 43.7 Å². The average molecular weight is 356 g/mol. The van der Waals surface area contributed by atoms with Crippen LogP contribution in [0.1, 0.15) is 44.0 Å². The molecule has 2 aromatic rings. The second kappa shape index (κ2) is 8.94. The molecule has 1 amide bonds. The first-order valence-corrected chi connectivity index (χ1v) is 9.45. The summed E-state index contributed by atoms with van der Waals surface area (Å²) < 4.78 is 5.35. The molecule has 1 saturated heterocycles. The minimum atomic E-state index is 0.0918. The van der Waals surface area contributed by atoms with Crippen molar-refractivity contribution in [2.45, 2.75) is 46.2 Å². The summed E-state index contributed by atoms with van der Waals surface area (Å²) in [7, 11) is 0. The Hall–Kier alpha value is -2.21. The van der Waals surface area contributed by atoms with Gasteiger partial charge in [-0.25, -0.2) is 0 Å². The average Bonchev–Trinajstić information content (AvgIpc) is 3.07. The molecule has 0 bridgehead atoms. The van der Waals surface area contributed by atoms with Crippen LogP contribution in [0.4, 0.5) is 0 Å². The SMILES string of the molecule is CC(C)Cc1noc(CN2CCC(C(=O)NCc3ccccc3)CC2)n1. The number of carbonyl (C=O) groups excluding carboxylic acids is 1. The van der Waals surface area contributed by atoms with E-state index in [1.165, 1.54) is 0 Å². The number of piperidine rings is 1. The molecule has 0 aliphatic carbocycles. The zero-order valence-corrected chi connectivity index (χ0v) is 15.6. The number of hydrogen-bond acceptors (Lipinski definition) is 5. The third-order valence-corrected chi connectivity index (χ3v) is 4.73. The highest BCUT2D eigenvalue weighted by Crippen LogP contribution is 2.19. The summed E-state index contributed by atoms with van der Waals surface area (Å²) in [6.07, 6.45) is 2.58. The zero-order valence-electron chi connectivity index (χ0n) is 15.6. The van der Waals surface area contributed by atoms with Crippen LogP contribution in [-0.2, 0) is 24.3 Å². The van der Waals surface area contributed by atoms with Gasteiger partial charge in [-0.2, -0.15) is 4.98 Å².